The molecule has 2 aromatic rings. The fourth-order valence-electron chi connectivity index (χ4n) is 3.69. The first-order valence-corrected chi connectivity index (χ1v) is 10.2. The van der Waals surface area contributed by atoms with Crippen molar-refractivity contribution in [2.45, 2.75) is 56.2 Å². The molecular weight excluding hydrogens is 457 g/mol. The molecular formula is C20H20F5N3O5. The molecule has 0 unspecified atom stereocenters. The molecule has 1 saturated heterocycles. The minimum atomic E-state index is -4.83. The Bertz CT molecular complexity index is 987. The van der Waals surface area contributed by atoms with Gasteiger partial charge in [-0.2, -0.15) is 0 Å². The van der Waals surface area contributed by atoms with Crippen molar-refractivity contribution in [2.24, 2.45) is 0 Å². The van der Waals surface area contributed by atoms with Crippen molar-refractivity contribution < 1.29 is 45.4 Å². The Morgan fingerprint density at radius 3 is 2.61 bits per heavy atom. The van der Waals surface area contributed by atoms with Crippen LogP contribution in [0.15, 0.2) is 22.6 Å². The van der Waals surface area contributed by atoms with Crippen LogP contribution in [0.3, 0.4) is 0 Å². The number of carbonyl (C=O) groups is 1. The molecule has 0 spiro atoms. The predicted molar refractivity (Wildman–Crippen MR) is 98.7 cm³/mol. The van der Waals surface area contributed by atoms with E-state index in [-0.39, 0.29) is 43.0 Å². The second kappa shape index (κ2) is 9.21. The van der Waals surface area contributed by atoms with Gasteiger partial charge in [-0.3, -0.25) is 9.53 Å². The molecule has 8 nitrogen and oxygen atoms in total. The van der Waals surface area contributed by atoms with Crippen molar-refractivity contribution in [3.05, 3.63) is 41.6 Å². The molecule has 2 fully saturated rings. The lowest BCUT2D eigenvalue weighted by Crippen LogP contribution is -2.43. The summed E-state index contributed by atoms with van der Waals surface area (Å²) in [5.74, 6) is -2.65. The van der Waals surface area contributed by atoms with Crippen molar-refractivity contribution in [3.8, 4) is 5.75 Å². The first-order valence-electron chi connectivity index (χ1n) is 10.2. The summed E-state index contributed by atoms with van der Waals surface area (Å²) in [5, 5.41) is 10.2. The third kappa shape index (κ3) is 5.58. The molecule has 2 atom stereocenters. The van der Waals surface area contributed by atoms with E-state index in [9.17, 15) is 26.7 Å². The SMILES string of the molecule is O=C(COc1ccc(F)cc1F)N[C@@H]1CC[C@@H](c2nnc(C3(OC(F)(F)F)CCC3)o2)OC1. The van der Waals surface area contributed by atoms with Crippen LogP contribution in [0.5, 0.6) is 5.75 Å². The van der Waals surface area contributed by atoms with Gasteiger partial charge in [-0.05, 0) is 44.2 Å². The molecule has 0 radical (unpaired) electrons. The Labute approximate surface area is 184 Å². The molecule has 1 N–H and O–H groups in total. The van der Waals surface area contributed by atoms with Crippen molar-refractivity contribution in [2.75, 3.05) is 13.2 Å². The molecule has 0 bridgehead atoms. The third-order valence-electron chi connectivity index (χ3n) is 5.47. The van der Waals surface area contributed by atoms with Crippen LogP contribution < -0.4 is 10.1 Å². The van der Waals surface area contributed by atoms with Gasteiger partial charge >= 0.3 is 6.36 Å². The molecule has 4 rings (SSSR count). The highest BCUT2D eigenvalue weighted by atomic mass is 19.4. The molecule has 1 aliphatic carbocycles. The van der Waals surface area contributed by atoms with E-state index >= 15 is 0 Å². The van der Waals surface area contributed by atoms with Crippen LogP contribution in [-0.4, -0.2) is 41.7 Å². The molecule has 1 aromatic carbocycles. The number of amides is 1. The highest BCUT2D eigenvalue weighted by Crippen LogP contribution is 2.48. The maximum Gasteiger partial charge on any atom is 0.523 e. The second-order valence-electron chi connectivity index (χ2n) is 7.87. The van der Waals surface area contributed by atoms with E-state index in [1.54, 1.807) is 0 Å². The number of hydrogen-bond donors (Lipinski definition) is 1. The number of benzene rings is 1. The molecule has 180 valence electrons. The van der Waals surface area contributed by atoms with Crippen LogP contribution in [0, 0.1) is 11.6 Å². The van der Waals surface area contributed by atoms with E-state index in [1.807, 2.05) is 0 Å². The average molecular weight is 477 g/mol. The Hall–Kier alpha value is -2.80. The number of nitrogens with zero attached hydrogens (tertiary/aromatic N) is 2. The quantitative estimate of drug-likeness (QED) is 0.608. The molecule has 1 amide bonds. The lowest BCUT2D eigenvalue weighted by Gasteiger charge is -2.38. The van der Waals surface area contributed by atoms with Crippen molar-refractivity contribution >= 4 is 5.91 Å². The number of ether oxygens (including phenoxy) is 3. The molecule has 1 saturated carbocycles. The molecule has 2 aliphatic rings. The van der Waals surface area contributed by atoms with Gasteiger partial charge in [0.2, 0.25) is 11.8 Å². The lowest BCUT2D eigenvalue weighted by molar-refractivity contribution is -0.387. The Balaban J connectivity index is 1.26. The number of carbonyl (C=O) groups excluding carboxylic acids is 1. The normalized spacial score (nSPS) is 22.5. The van der Waals surface area contributed by atoms with Crippen LogP contribution in [0.4, 0.5) is 22.0 Å². The summed E-state index contributed by atoms with van der Waals surface area (Å²) >= 11 is 0. The highest BCUT2D eigenvalue weighted by Gasteiger charge is 2.52. The predicted octanol–water partition coefficient (Wildman–Crippen LogP) is 3.68. The fraction of sp³-hybridized carbons (Fsp3) is 0.550. The van der Waals surface area contributed by atoms with Gasteiger partial charge in [0.15, 0.2) is 23.8 Å². The summed E-state index contributed by atoms with van der Waals surface area (Å²) in [6, 6.07) is 2.37. The van der Waals surface area contributed by atoms with Crippen LogP contribution in [-0.2, 0) is 19.9 Å². The van der Waals surface area contributed by atoms with Gasteiger partial charge in [-0.1, -0.05) is 0 Å². The standard InChI is InChI=1S/C20H20F5N3O5/c21-11-2-4-14(13(22)8-11)31-10-16(29)26-12-3-5-15(30-9-12)17-27-28-18(32-17)19(6-1-7-19)33-20(23,24)25/h2,4,8,12,15H,1,3,5-7,9-10H2,(H,26,29)/t12-,15+/m1/s1. The summed E-state index contributed by atoms with van der Waals surface area (Å²) < 4.78 is 85.0. The molecule has 1 aliphatic heterocycles. The minimum absolute atomic E-state index is 0.0435. The van der Waals surface area contributed by atoms with E-state index in [0.29, 0.717) is 25.3 Å². The average Bonchev–Trinajstić information content (AvgIpc) is 3.20. The van der Waals surface area contributed by atoms with Gasteiger partial charge in [0.1, 0.15) is 11.9 Å². The Morgan fingerprint density at radius 2 is 2.00 bits per heavy atom. The van der Waals surface area contributed by atoms with E-state index < -0.39 is 42.2 Å². The number of rotatable bonds is 7. The van der Waals surface area contributed by atoms with Gasteiger partial charge in [0, 0.05) is 6.07 Å². The van der Waals surface area contributed by atoms with E-state index in [4.69, 9.17) is 13.9 Å². The highest BCUT2D eigenvalue weighted by molar-refractivity contribution is 5.77. The van der Waals surface area contributed by atoms with Crippen LogP contribution >= 0.6 is 0 Å². The van der Waals surface area contributed by atoms with Crippen molar-refractivity contribution in [1.29, 1.82) is 0 Å². The van der Waals surface area contributed by atoms with Crippen LogP contribution in [0.1, 0.15) is 50.0 Å². The van der Waals surface area contributed by atoms with Crippen LogP contribution in [0.2, 0.25) is 0 Å². The summed E-state index contributed by atoms with van der Waals surface area (Å²) in [4.78, 5) is 12.0. The zero-order valence-corrected chi connectivity index (χ0v) is 17.2. The number of nitrogens with one attached hydrogen (secondary N) is 1. The maximum absolute atomic E-state index is 13.5. The Kier molecular flexibility index (Phi) is 6.52. The molecule has 2 heterocycles. The number of hydrogen-bond acceptors (Lipinski definition) is 7. The van der Waals surface area contributed by atoms with Gasteiger partial charge in [0.25, 0.3) is 5.91 Å². The summed E-state index contributed by atoms with van der Waals surface area (Å²) in [6.07, 6.45) is -3.83. The van der Waals surface area contributed by atoms with Crippen molar-refractivity contribution in [3.63, 3.8) is 0 Å². The smallest absolute Gasteiger partial charge is 0.481 e. The largest absolute Gasteiger partial charge is 0.523 e. The molecule has 33 heavy (non-hydrogen) atoms. The minimum Gasteiger partial charge on any atom is -0.481 e. The monoisotopic (exact) mass is 477 g/mol. The maximum atomic E-state index is 13.5. The first-order chi connectivity index (χ1) is 15.6. The van der Waals surface area contributed by atoms with Crippen molar-refractivity contribution in [1.82, 2.24) is 15.5 Å². The van der Waals surface area contributed by atoms with Crippen LogP contribution in [0.25, 0.3) is 0 Å². The van der Waals surface area contributed by atoms with Gasteiger partial charge in [-0.25, -0.2) is 8.78 Å². The van der Waals surface area contributed by atoms with Gasteiger partial charge in [-0.15, -0.1) is 23.4 Å². The summed E-state index contributed by atoms with van der Waals surface area (Å²) in [6.45, 7) is -0.389. The molecule has 1 aromatic heterocycles. The van der Waals surface area contributed by atoms with Gasteiger partial charge in [0.05, 0.1) is 12.6 Å². The third-order valence-corrected chi connectivity index (χ3v) is 5.47. The molecule has 13 heteroatoms. The topological polar surface area (TPSA) is 95.7 Å². The summed E-state index contributed by atoms with van der Waals surface area (Å²) in [5.41, 5.74) is -1.65. The first kappa shape index (κ1) is 23.4. The second-order valence-corrected chi connectivity index (χ2v) is 7.87. The number of alkyl halides is 3. The lowest BCUT2D eigenvalue weighted by atomic mass is 9.80. The number of aromatic nitrogens is 2. The zero-order chi connectivity index (χ0) is 23.6. The van der Waals surface area contributed by atoms with E-state index in [2.05, 4.69) is 20.3 Å². The van der Waals surface area contributed by atoms with Gasteiger partial charge < -0.3 is 19.2 Å². The van der Waals surface area contributed by atoms with E-state index in [0.717, 1.165) is 12.1 Å². The summed E-state index contributed by atoms with van der Waals surface area (Å²) in [7, 11) is 0. The Morgan fingerprint density at radius 1 is 1.21 bits per heavy atom. The zero-order valence-electron chi connectivity index (χ0n) is 17.2. The number of halogens is 5. The van der Waals surface area contributed by atoms with E-state index in [1.165, 1.54) is 0 Å². The fourth-order valence-corrected chi connectivity index (χ4v) is 3.69.